The highest BCUT2D eigenvalue weighted by atomic mass is 16.5. The van der Waals surface area contributed by atoms with Gasteiger partial charge in [0, 0.05) is 38.5 Å². The Balaban J connectivity index is 1.77. The van der Waals surface area contributed by atoms with E-state index < -0.39 is 0 Å². The third-order valence-electron chi connectivity index (χ3n) is 4.87. The molecule has 0 bridgehead atoms. The molecule has 0 spiro atoms. The molecule has 1 saturated heterocycles. The zero-order chi connectivity index (χ0) is 17.8. The topological polar surface area (TPSA) is 47.4 Å². The van der Waals surface area contributed by atoms with E-state index in [2.05, 4.69) is 36.3 Å². The molecule has 2 atom stereocenters. The number of amides is 1. The first-order chi connectivity index (χ1) is 12.1. The van der Waals surface area contributed by atoms with E-state index in [-0.39, 0.29) is 17.9 Å². The molecule has 2 aromatic rings. The van der Waals surface area contributed by atoms with E-state index in [0.29, 0.717) is 13.1 Å². The number of aryl methyl sites for hydroxylation is 2. The average Bonchev–Trinajstić information content (AvgIpc) is 3.05. The van der Waals surface area contributed by atoms with E-state index in [9.17, 15) is 4.79 Å². The molecule has 2 heterocycles. The van der Waals surface area contributed by atoms with Crippen molar-refractivity contribution in [3.05, 3.63) is 53.3 Å². The van der Waals surface area contributed by atoms with Crippen LogP contribution >= 0.6 is 0 Å². The molecule has 1 aromatic heterocycles. The molecular weight excluding hydrogens is 314 g/mol. The lowest BCUT2D eigenvalue weighted by Crippen LogP contribution is -2.40. The minimum absolute atomic E-state index is 0.118. The molecule has 1 aliphatic heterocycles. The normalized spacial score (nSPS) is 20.4. The van der Waals surface area contributed by atoms with Crippen molar-refractivity contribution in [3.8, 4) is 0 Å². The maximum absolute atomic E-state index is 13.2. The standard InChI is InChI=1S/C20H27N3O2/c1-4-23(14-16-12-21-22(3)13-16)20(24)18-6-5-11-25-19(18)17-9-7-15(2)8-10-17/h7-10,12-13,18-19H,4-6,11,14H2,1-3H3/t18-,19+/m0/s1. The Hall–Kier alpha value is -2.14. The number of carbonyl (C=O) groups excluding carboxylic acids is 1. The van der Waals surface area contributed by atoms with Gasteiger partial charge in [0.15, 0.2) is 0 Å². The molecule has 3 rings (SSSR count). The number of hydrogen-bond donors (Lipinski definition) is 0. The molecule has 5 nitrogen and oxygen atoms in total. The molecule has 134 valence electrons. The lowest BCUT2D eigenvalue weighted by atomic mass is 9.88. The summed E-state index contributed by atoms with van der Waals surface area (Å²) in [5, 5.41) is 4.20. The van der Waals surface area contributed by atoms with Gasteiger partial charge in [-0.3, -0.25) is 9.48 Å². The van der Waals surface area contributed by atoms with Crippen molar-refractivity contribution >= 4 is 5.91 Å². The Labute approximate surface area is 149 Å². The van der Waals surface area contributed by atoms with Gasteiger partial charge in [-0.25, -0.2) is 0 Å². The zero-order valence-corrected chi connectivity index (χ0v) is 15.3. The highest BCUT2D eigenvalue weighted by molar-refractivity contribution is 5.79. The first-order valence-electron chi connectivity index (χ1n) is 9.03. The minimum Gasteiger partial charge on any atom is -0.373 e. The van der Waals surface area contributed by atoms with Crippen molar-refractivity contribution in [2.24, 2.45) is 13.0 Å². The number of carbonyl (C=O) groups is 1. The van der Waals surface area contributed by atoms with Gasteiger partial charge in [0.1, 0.15) is 0 Å². The van der Waals surface area contributed by atoms with Gasteiger partial charge >= 0.3 is 0 Å². The second kappa shape index (κ2) is 7.83. The van der Waals surface area contributed by atoms with Crippen LogP contribution in [0.5, 0.6) is 0 Å². The molecule has 1 amide bonds. The average molecular weight is 341 g/mol. The summed E-state index contributed by atoms with van der Waals surface area (Å²) in [6, 6.07) is 8.34. The van der Waals surface area contributed by atoms with E-state index >= 15 is 0 Å². The number of benzene rings is 1. The quantitative estimate of drug-likeness (QED) is 0.839. The highest BCUT2D eigenvalue weighted by Crippen LogP contribution is 2.35. The Bertz CT molecular complexity index is 708. The number of rotatable bonds is 5. The summed E-state index contributed by atoms with van der Waals surface area (Å²) in [6.45, 7) is 6.10. The van der Waals surface area contributed by atoms with Crippen LogP contribution in [0.3, 0.4) is 0 Å². The lowest BCUT2D eigenvalue weighted by molar-refractivity contribution is -0.146. The second-order valence-electron chi connectivity index (χ2n) is 6.83. The van der Waals surface area contributed by atoms with E-state index in [1.807, 2.05) is 31.3 Å². The second-order valence-corrected chi connectivity index (χ2v) is 6.83. The van der Waals surface area contributed by atoms with Crippen LogP contribution in [0.2, 0.25) is 0 Å². The summed E-state index contributed by atoms with van der Waals surface area (Å²) >= 11 is 0. The molecule has 1 fully saturated rings. The summed E-state index contributed by atoms with van der Waals surface area (Å²) in [4.78, 5) is 15.1. The Kier molecular flexibility index (Phi) is 5.53. The fourth-order valence-corrected chi connectivity index (χ4v) is 3.47. The summed E-state index contributed by atoms with van der Waals surface area (Å²) in [5.74, 6) is 0.0599. The summed E-state index contributed by atoms with van der Waals surface area (Å²) in [7, 11) is 1.89. The third kappa shape index (κ3) is 4.10. The molecule has 1 aliphatic rings. The van der Waals surface area contributed by atoms with Crippen molar-refractivity contribution in [2.45, 2.75) is 39.3 Å². The van der Waals surface area contributed by atoms with Crippen LogP contribution in [0.1, 0.15) is 42.6 Å². The first-order valence-corrected chi connectivity index (χ1v) is 9.03. The van der Waals surface area contributed by atoms with Crippen molar-refractivity contribution in [2.75, 3.05) is 13.2 Å². The van der Waals surface area contributed by atoms with Crippen LogP contribution in [0, 0.1) is 12.8 Å². The van der Waals surface area contributed by atoms with Crippen molar-refractivity contribution < 1.29 is 9.53 Å². The van der Waals surface area contributed by atoms with Gasteiger partial charge in [-0.2, -0.15) is 5.10 Å². The van der Waals surface area contributed by atoms with E-state index in [4.69, 9.17) is 4.74 Å². The zero-order valence-electron chi connectivity index (χ0n) is 15.3. The maximum Gasteiger partial charge on any atom is 0.228 e. The van der Waals surface area contributed by atoms with Gasteiger partial charge in [0.25, 0.3) is 0 Å². The molecule has 5 heteroatoms. The smallest absolute Gasteiger partial charge is 0.228 e. The van der Waals surface area contributed by atoms with Crippen LogP contribution in [-0.4, -0.2) is 33.7 Å². The van der Waals surface area contributed by atoms with Crippen molar-refractivity contribution in [1.82, 2.24) is 14.7 Å². The van der Waals surface area contributed by atoms with Gasteiger partial charge in [-0.15, -0.1) is 0 Å². The summed E-state index contributed by atoms with van der Waals surface area (Å²) < 4.78 is 7.79. The van der Waals surface area contributed by atoms with Crippen LogP contribution in [0.25, 0.3) is 0 Å². The van der Waals surface area contributed by atoms with E-state index in [1.165, 1.54) is 5.56 Å². The maximum atomic E-state index is 13.2. The summed E-state index contributed by atoms with van der Waals surface area (Å²) in [6.07, 6.45) is 5.45. The van der Waals surface area contributed by atoms with E-state index in [0.717, 1.165) is 30.6 Å². The molecular formula is C20H27N3O2. The van der Waals surface area contributed by atoms with Gasteiger partial charge < -0.3 is 9.64 Å². The van der Waals surface area contributed by atoms with Crippen molar-refractivity contribution in [1.29, 1.82) is 0 Å². The first kappa shape index (κ1) is 17.7. The van der Waals surface area contributed by atoms with Gasteiger partial charge in [0.2, 0.25) is 5.91 Å². The molecule has 0 unspecified atom stereocenters. The molecule has 0 saturated carbocycles. The Morgan fingerprint density at radius 2 is 2.12 bits per heavy atom. The van der Waals surface area contributed by atoms with Crippen LogP contribution in [0.4, 0.5) is 0 Å². The lowest BCUT2D eigenvalue weighted by Gasteiger charge is -2.34. The molecule has 0 N–H and O–H groups in total. The van der Waals surface area contributed by atoms with Crippen LogP contribution < -0.4 is 0 Å². The van der Waals surface area contributed by atoms with Gasteiger partial charge in [-0.05, 0) is 32.3 Å². The number of nitrogens with zero attached hydrogens (tertiary/aromatic N) is 3. The predicted molar refractivity (Wildman–Crippen MR) is 96.9 cm³/mol. The number of ether oxygens (including phenoxy) is 1. The van der Waals surface area contributed by atoms with E-state index in [1.54, 1.807) is 4.68 Å². The third-order valence-corrected chi connectivity index (χ3v) is 4.87. The largest absolute Gasteiger partial charge is 0.373 e. The number of aromatic nitrogens is 2. The minimum atomic E-state index is -0.148. The van der Waals surface area contributed by atoms with Crippen LogP contribution in [-0.2, 0) is 23.1 Å². The number of hydrogen-bond acceptors (Lipinski definition) is 3. The molecule has 0 aliphatic carbocycles. The van der Waals surface area contributed by atoms with Crippen molar-refractivity contribution in [3.63, 3.8) is 0 Å². The molecule has 1 aromatic carbocycles. The fourth-order valence-electron chi connectivity index (χ4n) is 3.47. The predicted octanol–water partition coefficient (Wildman–Crippen LogP) is 3.24. The summed E-state index contributed by atoms with van der Waals surface area (Å²) in [5.41, 5.74) is 3.37. The molecule has 0 radical (unpaired) electrons. The van der Waals surface area contributed by atoms with Crippen LogP contribution in [0.15, 0.2) is 36.7 Å². The van der Waals surface area contributed by atoms with Gasteiger partial charge in [0.05, 0.1) is 18.2 Å². The highest BCUT2D eigenvalue weighted by Gasteiger charge is 2.35. The monoisotopic (exact) mass is 341 g/mol. The SMILES string of the molecule is CCN(Cc1cnn(C)c1)C(=O)[C@H]1CCCO[C@@H]1c1ccc(C)cc1. The molecule has 25 heavy (non-hydrogen) atoms. The van der Waals surface area contributed by atoms with Gasteiger partial charge in [-0.1, -0.05) is 29.8 Å². The Morgan fingerprint density at radius 1 is 1.36 bits per heavy atom. The Morgan fingerprint density at radius 3 is 2.76 bits per heavy atom. The fraction of sp³-hybridized carbons (Fsp3) is 0.500.